The molecule has 0 fully saturated rings. The molecule has 0 aliphatic heterocycles. The molecule has 0 bridgehead atoms. The number of benzene rings is 4. The van der Waals surface area contributed by atoms with Gasteiger partial charge < -0.3 is 0 Å². The van der Waals surface area contributed by atoms with Crippen molar-refractivity contribution in [2.45, 2.75) is 0 Å². The first kappa shape index (κ1) is 22.5. The van der Waals surface area contributed by atoms with Crippen LogP contribution in [-0.2, 0) is 0 Å². The molecule has 0 spiro atoms. The molecule has 180 valence electrons. The zero-order valence-corrected chi connectivity index (χ0v) is 21.7. The van der Waals surface area contributed by atoms with Crippen LogP contribution >= 0.6 is 0 Å². The van der Waals surface area contributed by atoms with Crippen LogP contribution in [0.4, 0.5) is 16.2 Å². The molecular formula is C32H19N3O2Se. The molecule has 2 heterocycles. The average Bonchev–Trinajstić information content (AvgIpc) is 3.51. The number of carbonyl (C=O) groups excluding carboxylic acids is 2. The third kappa shape index (κ3) is 3.79. The van der Waals surface area contributed by atoms with Crippen LogP contribution in [0.25, 0.3) is 27.6 Å². The number of rotatable bonds is 4. The van der Waals surface area contributed by atoms with E-state index in [1.54, 1.807) is 24.5 Å². The number of fused-ring (bicyclic) bond motifs is 3. The summed E-state index contributed by atoms with van der Waals surface area (Å²) in [5, 5.41) is 4.19. The van der Waals surface area contributed by atoms with Crippen molar-refractivity contribution in [2.75, 3.05) is 4.90 Å². The van der Waals surface area contributed by atoms with Gasteiger partial charge in [-0.05, 0) is 0 Å². The van der Waals surface area contributed by atoms with Crippen molar-refractivity contribution in [2.24, 2.45) is 0 Å². The molecule has 0 saturated carbocycles. The monoisotopic (exact) mass is 557 g/mol. The van der Waals surface area contributed by atoms with E-state index >= 15 is 0 Å². The quantitative estimate of drug-likeness (QED) is 0.136. The molecule has 2 aromatic heterocycles. The van der Waals surface area contributed by atoms with Gasteiger partial charge in [-0.3, -0.25) is 0 Å². The van der Waals surface area contributed by atoms with Crippen LogP contribution < -0.4 is 4.90 Å². The Labute approximate surface area is 224 Å². The number of allylic oxidation sites excluding steroid dienone is 1. The summed E-state index contributed by atoms with van der Waals surface area (Å²) >= 11 is -0.169. The molecule has 1 aliphatic carbocycles. The van der Waals surface area contributed by atoms with Crippen LogP contribution in [0.15, 0.2) is 115 Å². The molecule has 5 nitrogen and oxygen atoms in total. The van der Waals surface area contributed by atoms with E-state index in [9.17, 15) is 9.59 Å². The summed E-state index contributed by atoms with van der Waals surface area (Å²) in [7, 11) is 0. The van der Waals surface area contributed by atoms with Crippen LogP contribution in [0, 0.1) is 0 Å². The van der Waals surface area contributed by atoms with Gasteiger partial charge in [0, 0.05) is 0 Å². The van der Waals surface area contributed by atoms with E-state index in [4.69, 9.17) is 0 Å². The Kier molecular flexibility index (Phi) is 5.36. The van der Waals surface area contributed by atoms with E-state index in [0.29, 0.717) is 17.1 Å². The van der Waals surface area contributed by atoms with Gasteiger partial charge in [0.1, 0.15) is 0 Å². The summed E-state index contributed by atoms with van der Waals surface area (Å²) in [4.78, 5) is 37.6. The summed E-state index contributed by atoms with van der Waals surface area (Å²) in [5.74, 6) is 0.155. The molecule has 0 unspecified atom stereocenters. The Morgan fingerprint density at radius 2 is 1.24 bits per heavy atom. The van der Waals surface area contributed by atoms with E-state index in [2.05, 4.69) is 40.3 Å². The van der Waals surface area contributed by atoms with E-state index in [0.717, 1.165) is 36.2 Å². The summed E-state index contributed by atoms with van der Waals surface area (Å²) in [6.45, 7) is 0. The first-order valence-corrected chi connectivity index (χ1v) is 13.9. The molecule has 0 N–H and O–H groups in total. The number of nitrogens with zero attached hydrogens (tertiary/aromatic N) is 3. The number of aromatic nitrogens is 2. The maximum absolute atomic E-state index is 13.3. The van der Waals surface area contributed by atoms with E-state index in [-0.39, 0.29) is 31.6 Å². The standard InChI is InChI=1S/C32H19N3O2Se/c36-30-26-17-22-8-3-4-9-23(22)18-27(26)31(37)28(30)19-25-12-13-29(38-25)35(32-33-14-5-15-34-32)24-11-10-20-6-1-2-7-21(20)16-24/h1-19H. The summed E-state index contributed by atoms with van der Waals surface area (Å²) in [6.07, 6.45) is 5.22. The molecule has 0 saturated heterocycles. The van der Waals surface area contributed by atoms with Crippen molar-refractivity contribution in [3.05, 3.63) is 131 Å². The maximum atomic E-state index is 13.3. The Bertz CT molecular complexity index is 1870. The first-order valence-electron chi connectivity index (χ1n) is 12.2. The van der Waals surface area contributed by atoms with Gasteiger partial charge in [0.25, 0.3) is 0 Å². The molecular weight excluding hydrogens is 537 g/mol. The third-order valence-corrected chi connectivity index (χ3v) is 8.86. The van der Waals surface area contributed by atoms with Gasteiger partial charge in [-0.1, -0.05) is 0 Å². The minimum atomic E-state index is -0.210. The molecule has 6 aromatic rings. The second-order valence-corrected chi connectivity index (χ2v) is 11.3. The Morgan fingerprint density at radius 1 is 0.632 bits per heavy atom. The van der Waals surface area contributed by atoms with Gasteiger partial charge in [-0.25, -0.2) is 0 Å². The van der Waals surface area contributed by atoms with Crippen molar-refractivity contribution in [3.8, 4) is 0 Å². The van der Waals surface area contributed by atoms with Crippen LogP contribution in [0.5, 0.6) is 0 Å². The summed E-state index contributed by atoms with van der Waals surface area (Å²) in [6, 6.07) is 31.8. The Morgan fingerprint density at radius 3 is 1.89 bits per heavy atom. The summed E-state index contributed by atoms with van der Waals surface area (Å²) < 4.78 is 1.97. The minimum absolute atomic E-state index is 0.169. The molecule has 6 heteroatoms. The van der Waals surface area contributed by atoms with E-state index in [1.807, 2.05) is 65.6 Å². The van der Waals surface area contributed by atoms with Crippen LogP contribution in [-0.4, -0.2) is 36.0 Å². The Hall–Kier alpha value is -4.64. The number of hydrogen-bond donors (Lipinski definition) is 0. The third-order valence-electron chi connectivity index (χ3n) is 6.73. The number of anilines is 3. The molecule has 0 amide bonds. The molecule has 4 aromatic carbocycles. The SMILES string of the molecule is O=C1C(=Cc2ccc(N(c3ccc4ccccc4c3)c3ncccn3)[se]2)C(=O)c2cc3ccccc3cc21. The van der Waals surface area contributed by atoms with Gasteiger partial charge in [-0.15, -0.1) is 0 Å². The van der Waals surface area contributed by atoms with Gasteiger partial charge in [0.2, 0.25) is 0 Å². The molecule has 7 rings (SSSR count). The van der Waals surface area contributed by atoms with Gasteiger partial charge in [0.15, 0.2) is 0 Å². The predicted octanol–water partition coefficient (Wildman–Crippen LogP) is 6.77. The zero-order valence-electron chi connectivity index (χ0n) is 20.0. The number of carbonyl (C=O) groups is 2. The molecule has 0 radical (unpaired) electrons. The fourth-order valence-corrected chi connectivity index (χ4v) is 6.92. The van der Waals surface area contributed by atoms with Crippen LogP contribution in [0.1, 0.15) is 25.2 Å². The number of Topliss-reactive ketones (excluding diaryl/α,β-unsaturated/α-hetero) is 2. The molecule has 0 atom stereocenters. The van der Waals surface area contributed by atoms with E-state index in [1.165, 1.54) is 0 Å². The van der Waals surface area contributed by atoms with Gasteiger partial charge in [0.05, 0.1) is 0 Å². The second-order valence-electron chi connectivity index (χ2n) is 9.05. The fraction of sp³-hybridized carbons (Fsp3) is 0. The predicted molar refractivity (Wildman–Crippen MR) is 152 cm³/mol. The topological polar surface area (TPSA) is 63.2 Å². The molecule has 38 heavy (non-hydrogen) atoms. The van der Waals surface area contributed by atoms with Crippen molar-refractivity contribution in [3.63, 3.8) is 0 Å². The Balaban J connectivity index is 1.29. The van der Waals surface area contributed by atoms with Crippen molar-refractivity contribution >= 4 is 69.9 Å². The van der Waals surface area contributed by atoms with Gasteiger partial charge >= 0.3 is 225 Å². The zero-order chi connectivity index (χ0) is 25.6. The van der Waals surface area contributed by atoms with E-state index < -0.39 is 0 Å². The van der Waals surface area contributed by atoms with Crippen molar-refractivity contribution < 1.29 is 9.59 Å². The van der Waals surface area contributed by atoms with Crippen LogP contribution in [0.2, 0.25) is 0 Å². The number of ketones is 2. The van der Waals surface area contributed by atoms with Crippen LogP contribution in [0.3, 0.4) is 0 Å². The second kappa shape index (κ2) is 9.03. The van der Waals surface area contributed by atoms with Crippen molar-refractivity contribution in [1.82, 2.24) is 9.97 Å². The number of hydrogen-bond acceptors (Lipinski definition) is 5. The molecule has 1 aliphatic rings. The normalized spacial score (nSPS) is 12.8. The van der Waals surface area contributed by atoms with Crippen molar-refractivity contribution in [1.29, 1.82) is 0 Å². The average molecular weight is 556 g/mol. The first-order chi connectivity index (χ1) is 18.7. The summed E-state index contributed by atoms with van der Waals surface area (Å²) in [5.41, 5.74) is 2.15. The fourth-order valence-electron chi connectivity index (χ4n) is 4.89. The van der Waals surface area contributed by atoms with Gasteiger partial charge in [-0.2, -0.15) is 0 Å².